The molecule has 156 valence electrons. The number of nitrogens with one attached hydrogen (secondary N) is 2. The fraction of sp³-hybridized carbons (Fsp3) is 0.389. The predicted octanol–water partition coefficient (Wildman–Crippen LogP) is 1.83. The van der Waals surface area contributed by atoms with E-state index in [9.17, 15) is 18.0 Å². The second-order valence-corrected chi connectivity index (χ2v) is 9.25. The molecule has 29 heavy (non-hydrogen) atoms. The van der Waals surface area contributed by atoms with Crippen LogP contribution in [0.5, 0.6) is 0 Å². The number of anilines is 2. The van der Waals surface area contributed by atoms with Gasteiger partial charge in [0.25, 0.3) is 0 Å². The summed E-state index contributed by atoms with van der Waals surface area (Å²) in [5, 5.41) is 7.43. The Kier molecular flexibility index (Phi) is 6.96. The van der Waals surface area contributed by atoms with Gasteiger partial charge in [0.2, 0.25) is 21.8 Å². The van der Waals surface area contributed by atoms with Crippen LogP contribution in [0.3, 0.4) is 0 Å². The van der Waals surface area contributed by atoms with Crippen molar-refractivity contribution in [2.24, 2.45) is 0 Å². The Morgan fingerprint density at radius 1 is 1.17 bits per heavy atom. The van der Waals surface area contributed by atoms with Crippen LogP contribution in [0, 0.1) is 6.92 Å². The van der Waals surface area contributed by atoms with Crippen molar-refractivity contribution >= 4 is 44.0 Å². The summed E-state index contributed by atoms with van der Waals surface area (Å²) in [6, 6.07) is 4.83. The number of ether oxygens (including phenoxy) is 1. The predicted molar refractivity (Wildman–Crippen MR) is 109 cm³/mol. The first-order chi connectivity index (χ1) is 13.9. The van der Waals surface area contributed by atoms with E-state index in [1.54, 1.807) is 30.6 Å². The largest absolute Gasteiger partial charge is 0.379 e. The molecule has 0 unspecified atom stereocenters. The Hall–Kier alpha value is -2.34. The molecule has 0 spiro atoms. The van der Waals surface area contributed by atoms with Crippen molar-refractivity contribution in [2.75, 3.05) is 36.9 Å². The average Bonchev–Trinajstić information content (AvgIpc) is 3.21. The van der Waals surface area contributed by atoms with Crippen LogP contribution in [0.1, 0.15) is 18.4 Å². The van der Waals surface area contributed by atoms with Crippen LogP contribution in [0.15, 0.2) is 34.7 Å². The smallest absolute Gasteiger partial charge is 0.245 e. The third-order valence-corrected chi connectivity index (χ3v) is 6.88. The van der Waals surface area contributed by atoms with Crippen molar-refractivity contribution in [2.45, 2.75) is 24.7 Å². The summed E-state index contributed by atoms with van der Waals surface area (Å²) < 4.78 is 32.6. The van der Waals surface area contributed by atoms with Crippen LogP contribution in [0.2, 0.25) is 0 Å². The lowest BCUT2D eigenvalue weighted by molar-refractivity contribution is -0.121. The number of aromatic nitrogens is 1. The van der Waals surface area contributed by atoms with E-state index in [0.29, 0.717) is 18.3 Å². The van der Waals surface area contributed by atoms with Gasteiger partial charge in [0.1, 0.15) is 4.90 Å². The molecule has 3 rings (SSSR count). The Balaban J connectivity index is 1.67. The molecule has 2 amide bonds. The number of amides is 2. The maximum absolute atomic E-state index is 13.0. The monoisotopic (exact) mass is 438 g/mol. The van der Waals surface area contributed by atoms with Gasteiger partial charge in [-0.1, -0.05) is 6.07 Å². The quantitative estimate of drug-likeness (QED) is 0.681. The number of aryl methyl sites for hydroxylation is 1. The number of carbonyl (C=O) groups is 2. The molecule has 2 heterocycles. The number of thiazole rings is 1. The minimum Gasteiger partial charge on any atom is -0.379 e. The zero-order valence-electron chi connectivity index (χ0n) is 15.9. The van der Waals surface area contributed by atoms with E-state index < -0.39 is 15.9 Å². The van der Waals surface area contributed by atoms with Crippen LogP contribution >= 0.6 is 11.3 Å². The zero-order valence-corrected chi connectivity index (χ0v) is 17.5. The third kappa shape index (κ3) is 5.60. The molecule has 1 aliphatic rings. The maximum Gasteiger partial charge on any atom is 0.245 e. The summed E-state index contributed by atoms with van der Waals surface area (Å²) in [6.07, 6.45) is 1.45. The third-order valence-electron chi connectivity index (χ3n) is 4.26. The van der Waals surface area contributed by atoms with Crippen LogP contribution in [0.4, 0.5) is 10.8 Å². The number of sulfonamides is 1. The van der Waals surface area contributed by atoms with Gasteiger partial charge in [-0.3, -0.25) is 9.59 Å². The Bertz CT molecular complexity index is 970. The van der Waals surface area contributed by atoms with Crippen molar-refractivity contribution in [1.82, 2.24) is 9.29 Å². The Morgan fingerprint density at radius 2 is 1.86 bits per heavy atom. The molecule has 1 fully saturated rings. The van der Waals surface area contributed by atoms with Gasteiger partial charge < -0.3 is 15.4 Å². The topological polar surface area (TPSA) is 118 Å². The van der Waals surface area contributed by atoms with Crippen LogP contribution < -0.4 is 10.6 Å². The first kappa shape index (κ1) is 21.4. The van der Waals surface area contributed by atoms with Gasteiger partial charge in [-0.15, -0.1) is 11.3 Å². The molecule has 0 saturated carbocycles. The van der Waals surface area contributed by atoms with Crippen LogP contribution in [0.25, 0.3) is 0 Å². The van der Waals surface area contributed by atoms with Crippen molar-refractivity contribution in [3.05, 3.63) is 35.3 Å². The van der Waals surface area contributed by atoms with Crippen LogP contribution in [-0.2, 0) is 24.3 Å². The van der Waals surface area contributed by atoms with E-state index in [1.165, 1.54) is 21.7 Å². The summed E-state index contributed by atoms with van der Waals surface area (Å²) in [4.78, 5) is 28.2. The Morgan fingerprint density at radius 3 is 2.52 bits per heavy atom. The summed E-state index contributed by atoms with van der Waals surface area (Å²) in [5.41, 5.74) is 0.963. The second kappa shape index (κ2) is 9.44. The Labute approximate surface area is 173 Å². The van der Waals surface area contributed by atoms with Gasteiger partial charge >= 0.3 is 0 Å². The number of hydrogen-bond acceptors (Lipinski definition) is 7. The molecule has 2 aromatic rings. The highest BCUT2D eigenvalue weighted by Crippen LogP contribution is 2.27. The van der Waals surface area contributed by atoms with Gasteiger partial charge in [-0.2, -0.15) is 4.31 Å². The van der Waals surface area contributed by atoms with E-state index in [1.807, 2.05) is 0 Å². The summed E-state index contributed by atoms with van der Waals surface area (Å²) in [5.74, 6) is -0.776. The molecule has 0 bridgehead atoms. The summed E-state index contributed by atoms with van der Waals surface area (Å²) >= 11 is 1.28. The van der Waals surface area contributed by atoms with E-state index >= 15 is 0 Å². The van der Waals surface area contributed by atoms with Crippen molar-refractivity contribution < 1.29 is 22.7 Å². The summed E-state index contributed by atoms with van der Waals surface area (Å²) in [7, 11) is -3.77. The molecule has 11 heteroatoms. The molecule has 1 aromatic carbocycles. The summed E-state index contributed by atoms with van der Waals surface area (Å²) in [6.45, 7) is 2.98. The number of morpholine rings is 1. The van der Waals surface area contributed by atoms with Gasteiger partial charge in [-0.05, 0) is 24.6 Å². The number of carbonyl (C=O) groups excluding carboxylic acids is 2. The number of benzene rings is 1. The molecule has 9 nitrogen and oxygen atoms in total. The van der Waals surface area contributed by atoms with Gasteiger partial charge in [0, 0.05) is 37.5 Å². The highest BCUT2D eigenvalue weighted by Gasteiger charge is 2.29. The van der Waals surface area contributed by atoms with Gasteiger partial charge in [0.15, 0.2) is 5.13 Å². The minimum atomic E-state index is -3.77. The molecule has 0 aliphatic carbocycles. The highest BCUT2D eigenvalue weighted by molar-refractivity contribution is 7.89. The number of rotatable bonds is 7. The first-order valence-corrected chi connectivity index (χ1v) is 11.4. The SMILES string of the molecule is Cc1ccc(NC(=O)CCC(=O)Nc2nccs2)c(S(=O)(=O)N2CCOCC2)c1. The van der Waals surface area contributed by atoms with Gasteiger partial charge in [-0.25, -0.2) is 13.4 Å². The molecular weight excluding hydrogens is 416 g/mol. The zero-order chi connectivity index (χ0) is 20.9. The lowest BCUT2D eigenvalue weighted by atomic mass is 10.2. The molecule has 2 N–H and O–H groups in total. The molecule has 1 aromatic heterocycles. The molecular formula is C18H22N4O5S2. The van der Waals surface area contributed by atoms with E-state index in [4.69, 9.17) is 4.74 Å². The standard InChI is InChI=1S/C18H22N4O5S2/c1-13-2-3-14(15(12-13)29(25,26)22-7-9-27-10-8-22)20-16(23)4-5-17(24)21-18-19-6-11-28-18/h2-3,6,11-12H,4-5,7-10H2,1H3,(H,20,23)(H,19,21,24). The van der Waals surface area contributed by atoms with E-state index in [2.05, 4.69) is 15.6 Å². The van der Waals surface area contributed by atoms with Crippen molar-refractivity contribution in [3.8, 4) is 0 Å². The lowest BCUT2D eigenvalue weighted by Gasteiger charge is -2.27. The van der Waals surface area contributed by atoms with Crippen molar-refractivity contribution in [1.29, 1.82) is 0 Å². The minimum absolute atomic E-state index is 0.0389. The normalized spacial score (nSPS) is 15.1. The lowest BCUT2D eigenvalue weighted by Crippen LogP contribution is -2.40. The first-order valence-electron chi connectivity index (χ1n) is 9.04. The van der Waals surface area contributed by atoms with E-state index in [0.717, 1.165) is 5.56 Å². The average molecular weight is 439 g/mol. The fourth-order valence-corrected chi connectivity index (χ4v) is 4.96. The fourth-order valence-electron chi connectivity index (χ4n) is 2.78. The van der Waals surface area contributed by atoms with Crippen molar-refractivity contribution in [3.63, 3.8) is 0 Å². The number of nitrogens with zero attached hydrogens (tertiary/aromatic N) is 2. The van der Waals surface area contributed by atoms with Gasteiger partial charge in [0.05, 0.1) is 18.9 Å². The molecule has 1 saturated heterocycles. The molecule has 0 atom stereocenters. The van der Waals surface area contributed by atoms with Crippen LogP contribution in [-0.4, -0.2) is 55.8 Å². The molecule has 1 aliphatic heterocycles. The maximum atomic E-state index is 13.0. The highest BCUT2D eigenvalue weighted by atomic mass is 32.2. The second-order valence-electron chi connectivity index (χ2n) is 6.45. The van der Waals surface area contributed by atoms with E-state index in [-0.39, 0.29) is 42.4 Å². The molecule has 0 radical (unpaired) electrons. The number of hydrogen-bond donors (Lipinski definition) is 2.